The SMILES string of the molecule is COC(=O)c1ccc(CNC(=O)N(C)C(C)c2cccs2)cc1. The van der Waals surface area contributed by atoms with Crippen LogP contribution < -0.4 is 5.32 Å². The minimum atomic E-state index is -0.370. The fourth-order valence-electron chi connectivity index (χ4n) is 2.07. The second kappa shape index (κ2) is 7.78. The molecule has 2 amide bonds. The molecule has 1 heterocycles. The van der Waals surface area contributed by atoms with Gasteiger partial charge >= 0.3 is 12.0 Å². The zero-order chi connectivity index (χ0) is 16.8. The number of ether oxygens (including phenoxy) is 1. The summed E-state index contributed by atoms with van der Waals surface area (Å²) in [6.45, 7) is 2.40. The van der Waals surface area contributed by atoms with Crippen LogP contribution in [0.4, 0.5) is 4.79 Å². The molecule has 1 aromatic heterocycles. The van der Waals surface area contributed by atoms with E-state index in [9.17, 15) is 9.59 Å². The van der Waals surface area contributed by atoms with Crippen molar-refractivity contribution in [3.05, 3.63) is 57.8 Å². The standard InChI is InChI=1S/C17H20N2O3S/c1-12(15-5-4-10-23-15)19(2)17(21)18-11-13-6-8-14(9-7-13)16(20)22-3/h4-10,12H,11H2,1-3H3,(H,18,21). The van der Waals surface area contributed by atoms with E-state index >= 15 is 0 Å². The molecule has 1 N–H and O–H groups in total. The lowest BCUT2D eigenvalue weighted by Crippen LogP contribution is -2.38. The number of rotatable bonds is 5. The van der Waals surface area contributed by atoms with Crippen LogP contribution in [0.15, 0.2) is 41.8 Å². The fourth-order valence-corrected chi connectivity index (χ4v) is 2.90. The zero-order valence-corrected chi connectivity index (χ0v) is 14.2. The molecule has 5 nitrogen and oxygen atoms in total. The van der Waals surface area contributed by atoms with Gasteiger partial charge in [0.15, 0.2) is 0 Å². The highest BCUT2D eigenvalue weighted by Gasteiger charge is 2.17. The Hall–Kier alpha value is -2.34. The molecule has 0 aliphatic heterocycles. The number of methoxy groups -OCH3 is 1. The number of benzene rings is 1. The molecule has 0 spiro atoms. The van der Waals surface area contributed by atoms with Crippen LogP contribution in [0.25, 0.3) is 0 Å². The number of esters is 1. The quantitative estimate of drug-likeness (QED) is 0.853. The lowest BCUT2D eigenvalue weighted by atomic mass is 10.1. The van der Waals surface area contributed by atoms with Crippen molar-refractivity contribution in [2.45, 2.75) is 19.5 Å². The Morgan fingerprint density at radius 2 is 1.96 bits per heavy atom. The van der Waals surface area contributed by atoms with Crippen molar-refractivity contribution >= 4 is 23.3 Å². The predicted octanol–water partition coefficient (Wildman–Crippen LogP) is 3.44. The number of nitrogens with one attached hydrogen (secondary N) is 1. The number of urea groups is 1. The number of hydrogen-bond donors (Lipinski definition) is 1. The summed E-state index contributed by atoms with van der Waals surface area (Å²) in [5.41, 5.74) is 1.41. The van der Waals surface area contributed by atoms with Crippen LogP contribution in [0.2, 0.25) is 0 Å². The largest absolute Gasteiger partial charge is 0.465 e. The van der Waals surface area contributed by atoms with E-state index in [1.165, 1.54) is 7.11 Å². The Balaban J connectivity index is 1.90. The van der Waals surface area contributed by atoms with Gasteiger partial charge in [-0.15, -0.1) is 11.3 Å². The maximum atomic E-state index is 12.2. The van der Waals surface area contributed by atoms with Crippen molar-refractivity contribution in [3.63, 3.8) is 0 Å². The monoisotopic (exact) mass is 332 g/mol. The topological polar surface area (TPSA) is 58.6 Å². The van der Waals surface area contributed by atoms with Crippen molar-refractivity contribution in [3.8, 4) is 0 Å². The average Bonchev–Trinajstić information content (AvgIpc) is 3.12. The molecule has 0 saturated carbocycles. The smallest absolute Gasteiger partial charge is 0.337 e. The Kier molecular flexibility index (Phi) is 5.76. The summed E-state index contributed by atoms with van der Waals surface area (Å²) in [5.74, 6) is -0.370. The third-order valence-electron chi connectivity index (χ3n) is 3.68. The maximum Gasteiger partial charge on any atom is 0.337 e. The second-order valence-corrected chi connectivity index (χ2v) is 6.13. The molecule has 0 aliphatic carbocycles. The summed E-state index contributed by atoms with van der Waals surface area (Å²) in [6, 6.07) is 10.9. The van der Waals surface area contributed by atoms with Crippen LogP contribution in [0, 0.1) is 0 Å². The highest BCUT2D eigenvalue weighted by molar-refractivity contribution is 7.10. The Labute approximate surface area is 139 Å². The van der Waals surface area contributed by atoms with E-state index in [1.807, 2.05) is 24.4 Å². The van der Waals surface area contributed by atoms with E-state index in [0.29, 0.717) is 12.1 Å². The van der Waals surface area contributed by atoms with Gasteiger partial charge in [0.1, 0.15) is 0 Å². The van der Waals surface area contributed by atoms with Gasteiger partial charge in [0.05, 0.1) is 18.7 Å². The van der Waals surface area contributed by atoms with Crippen LogP contribution in [0.5, 0.6) is 0 Å². The molecule has 2 aromatic rings. The minimum absolute atomic E-state index is 0.0247. The van der Waals surface area contributed by atoms with Gasteiger partial charge in [-0.05, 0) is 36.1 Å². The van der Waals surface area contributed by atoms with Crippen molar-refractivity contribution in [1.29, 1.82) is 0 Å². The van der Waals surface area contributed by atoms with E-state index in [2.05, 4.69) is 10.1 Å². The second-order valence-electron chi connectivity index (χ2n) is 5.15. The first kappa shape index (κ1) is 17.0. The number of amides is 2. The number of nitrogens with zero attached hydrogens (tertiary/aromatic N) is 1. The molecule has 0 saturated heterocycles. The molecular formula is C17H20N2O3S. The molecule has 6 heteroatoms. The summed E-state index contributed by atoms with van der Waals surface area (Å²) in [7, 11) is 3.13. The molecule has 0 radical (unpaired) electrons. The van der Waals surface area contributed by atoms with E-state index < -0.39 is 0 Å². The first-order valence-electron chi connectivity index (χ1n) is 7.24. The first-order valence-corrected chi connectivity index (χ1v) is 8.12. The van der Waals surface area contributed by atoms with Gasteiger partial charge in [0.25, 0.3) is 0 Å². The van der Waals surface area contributed by atoms with Gasteiger partial charge < -0.3 is 15.0 Å². The average molecular weight is 332 g/mol. The summed E-state index contributed by atoms with van der Waals surface area (Å²) >= 11 is 1.63. The molecular weight excluding hydrogens is 312 g/mol. The van der Waals surface area contributed by atoms with E-state index in [4.69, 9.17) is 0 Å². The number of hydrogen-bond acceptors (Lipinski definition) is 4. The molecule has 1 atom stereocenters. The molecule has 0 aliphatic rings. The lowest BCUT2D eigenvalue weighted by Gasteiger charge is -2.24. The van der Waals surface area contributed by atoms with Crippen LogP contribution in [-0.2, 0) is 11.3 Å². The molecule has 23 heavy (non-hydrogen) atoms. The van der Waals surface area contributed by atoms with Crippen molar-refractivity contribution in [1.82, 2.24) is 10.2 Å². The lowest BCUT2D eigenvalue weighted by molar-refractivity contribution is 0.0600. The Morgan fingerprint density at radius 3 is 2.52 bits per heavy atom. The van der Waals surface area contributed by atoms with Gasteiger partial charge in [-0.2, -0.15) is 0 Å². The maximum absolute atomic E-state index is 12.2. The number of carbonyl (C=O) groups excluding carboxylic acids is 2. The van der Waals surface area contributed by atoms with Gasteiger partial charge in [-0.3, -0.25) is 0 Å². The summed E-state index contributed by atoms with van der Waals surface area (Å²) in [4.78, 5) is 26.4. The molecule has 1 aromatic carbocycles. The Bertz CT molecular complexity index is 653. The zero-order valence-electron chi connectivity index (χ0n) is 13.4. The van der Waals surface area contributed by atoms with Crippen LogP contribution in [0.3, 0.4) is 0 Å². The van der Waals surface area contributed by atoms with Crippen LogP contribution in [-0.4, -0.2) is 31.1 Å². The third kappa shape index (κ3) is 4.32. The predicted molar refractivity (Wildman–Crippen MR) is 90.5 cm³/mol. The first-order chi connectivity index (χ1) is 11.0. The van der Waals surface area contributed by atoms with Gasteiger partial charge in [-0.25, -0.2) is 9.59 Å². The highest BCUT2D eigenvalue weighted by atomic mass is 32.1. The van der Waals surface area contributed by atoms with E-state index in [-0.39, 0.29) is 18.0 Å². The molecule has 1 unspecified atom stereocenters. The summed E-state index contributed by atoms with van der Waals surface area (Å²) in [6.07, 6.45) is 0. The molecule has 2 rings (SSSR count). The van der Waals surface area contributed by atoms with Gasteiger partial charge in [0.2, 0.25) is 0 Å². The van der Waals surface area contributed by atoms with Crippen molar-refractivity contribution < 1.29 is 14.3 Å². The number of thiophene rings is 1. The van der Waals surface area contributed by atoms with Crippen molar-refractivity contribution in [2.24, 2.45) is 0 Å². The summed E-state index contributed by atoms with van der Waals surface area (Å²) < 4.78 is 4.65. The molecule has 0 fully saturated rings. The van der Waals surface area contributed by atoms with Crippen LogP contribution in [0.1, 0.15) is 33.8 Å². The third-order valence-corrected chi connectivity index (χ3v) is 4.72. The molecule has 122 valence electrons. The minimum Gasteiger partial charge on any atom is -0.465 e. The van der Waals surface area contributed by atoms with E-state index in [0.717, 1.165) is 10.4 Å². The normalized spacial score (nSPS) is 11.6. The summed E-state index contributed by atoms with van der Waals surface area (Å²) in [5, 5.41) is 4.88. The Morgan fingerprint density at radius 1 is 1.26 bits per heavy atom. The number of carbonyl (C=O) groups is 2. The van der Waals surface area contributed by atoms with Gasteiger partial charge in [-0.1, -0.05) is 18.2 Å². The van der Waals surface area contributed by atoms with Crippen LogP contribution >= 0.6 is 11.3 Å². The molecule has 0 bridgehead atoms. The van der Waals surface area contributed by atoms with Crippen molar-refractivity contribution in [2.75, 3.05) is 14.2 Å². The van der Waals surface area contributed by atoms with E-state index in [1.54, 1.807) is 47.5 Å². The highest BCUT2D eigenvalue weighted by Crippen LogP contribution is 2.23. The van der Waals surface area contributed by atoms with Gasteiger partial charge in [0, 0.05) is 18.5 Å². The fraction of sp³-hybridized carbons (Fsp3) is 0.294.